The molecule has 4 rings (SSSR count). The Balaban J connectivity index is 1.54. The molecule has 0 bridgehead atoms. The maximum absolute atomic E-state index is 12.8. The zero-order valence-electron chi connectivity index (χ0n) is 17.8. The summed E-state index contributed by atoms with van der Waals surface area (Å²) in [6.07, 6.45) is 0. The lowest BCUT2D eigenvalue weighted by molar-refractivity contribution is 0.0602. The van der Waals surface area contributed by atoms with E-state index >= 15 is 0 Å². The van der Waals surface area contributed by atoms with Crippen LogP contribution in [-0.2, 0) is 9.47 Å². The highest BCUT2D eigenvalue weighted by atomic mass is 32.1. The van der Waals surface area contributed by atoms with Crippen molar-refractivity contribution in [3.8, 4) is 16.3 Å². The number of thiazole rings is 1. The topological polar surface area (TPSA) is 90.0 Å². The van der Waals surface area contributed by atoms with Gasteiger partial charge in [0.2, 0.25) is 0 Å². The third-order valence-electron chi connectivity index (χ3n) is 5.11. The number of morpholine rings is 1. The summed E-state index contributed by atoms with van der Waals surface area (Å²) in [5.74, 6) is -0.169. The molecule has 1 N–H and O–H groups in total. The maximum Gasteiger partial charge on any atom is 0.340 e. The summed E-state index contributed by atoms with van der Waals surface area (Å²) < 4.78 is 15.5. The Bertz CT molecular complexity index is 1110. The molecule has 0 saturated carbocycles. The lowest BCUT2D eigenvalue weighted by Crippen LogP contribution is -2.36. The van der Waals surface area contributed by atoms with E-state index in [0.717, 1.165) is 30.1 Å². The molecule has 2 aromatic carbocycles. The quantitative estimate of drug-likeness (QED) is 0.569. The highest BCUT2D eigenvalue weighted by Crippen LogP contribution is 2.28. The van der Waals surface area contributed by atoms with Crippen LogP contribution in [-0.4, -0.2) is 57.4 Å². The number of carbonyl (C=O) groups is 2. The fourth-order valence-electron chi connectivity index (χ4n) is 3.37. The van der Waals surface area contributed by atoms with Crippen LogP contribution in [0.5, 0.6) is 5.75 Å². The zero-order chi connectivity index (χ0) is 22.5. The number of amides is 1. The standard InChI is InChI=1S/C23H23N3O5S/c1-29-17-6-3-15(4-7-17)22-25-20(14-32-22)21(27)24-19-8-5-16(13-18(19)23(28)30-2)26-9-11-31-12-10-26/h3-8,13-14H,9-12H2,1-2H3,(H,24,27). The molecule has 0 spiro atoms. The van der Waals surface area contributed by atoms with Crippen molar-refractivity contribution in [3.05, 3.63) is 59.1 Å². The Morgan fingerprint density at radius 2 is 1.84 bits per heavy atom. The molecule has 8 nitrogen and oxygen atoms in total. The minimum Gasteiger partial charge on any atom is -0.497 e. The van der Waals surface area contributed by atoms with Crippen molar-refractivity contribution in [3.63, 3.8) is 0 Å². The number of benzene rings is 2. The Kier molecular flexibility index (Phi) is 6.67. The van der Waals surface area contributed by atoms with E-state index in [1.807, 2.05) is 30.3 Å². The molecule has 1 fully saturated rings. The fourth-order valence-corrected chi connectivity index (χ4v) is 4.18. The van der Waals surface area contributed by atoms with E-state index in [1.54, 1.807) is 24.6 Å². The molecule has 166 valence electrons. The molecule has 9 heteroatoms. The monoisotopic (exact) mass is 453 g/mol. The number of aromatic nitrogens is 1. The van der Waals surface area contributed by atoms with Gasteiger partial charge in [0, 0.05) is 29.7 Å². The van der Waals surface area contributed by atoms with Gasteiger partial charge >= 0.3 is 5.97 Å². The molecule has 3 aromatic rings. The molecule has 1 aromatic heterocycles. The number of carbonyl (C=O) groups excluding carboxylic acids is 2. The van der Waals surface area contributed by atoms with Crippen LogP contribution in [0.2, 0.25) is 0 Å². The van der Waals surface area contributed by atoms with Gasteiger partial charge in [0.15, 0.2) is 0 Å². The summed E-state index contributed by atoms with van der Waals surface area (Å²) >= 11 is 1.37. The van der Waals surface area contributed by atoms with E-state index in [2.05, 4.69) is 15.2 Å². The Morgan fingerprint density at radius 1 is 1.09 bits per heavy atom. The summed E-state index contributed by atoms with van der Waals surface area (Å²) in [7, 11) is 2.92. The normalized spacial score (nSPS) is 13.5. The van der Waals surface area contributed by atoms with Crippen LogP contribution in [0.15, 0.2) is 47.8 Å². The first kappa shape index (κ1) is 21.8. The van der Waals surface area contributed by atoms with Crippen molar-refractivity contribution in [2.45, 2.75) is 0 Å². The SMILES string of the molecule is COC(=O)c1cc(N2CCOCC2)ccc1NC(=O)c1csc(-c2ccc(OC)cc2)n1. The number of ether oxygens (including phenoxy) is 3. The van der Waals surface area contributed by atoms with Gasteiger partial charge in [-0.05, 0) is 42.5 Å². The van der Waals surface area contributed by atoms with Crippen LogP contribution in [0.4, 0.5) is 11.4 Å². The number of hydrogen-bond donors (Lipinski definition) is 1. The minimum absolute atomic E-state index is 0.272. The molecular formula is C23H23N3O5S. The molecular weight excluding hydrogens is 430 g/mol. The van der Waals surface area contributed by atoms with Crippen molar-refractivity contribution in [1.82, 2.24) is 4.98 Å². The van der Waals surface area contributed by atoms with Crippen molar-refractivity contribution in [2.24, 2.45) is 0 Å². The number of nitrogens with one attached hydrogen (secondary N) is 1. The average Bonchev–Trinajstić information content (AvgIpc) is 3.35. The summed E-state index contributed by atoms with van der Waals surface area (Å²) in [6.45, 7) is 2.73. The summed E-state index contributed by atoms with van der Waals surface area (Å²) in [5.41, 5.74) is 2.70. The van der Waals surface area contributed by atoms with E-state index in [-0.39, 0.29) is 11.3 Å². The fraction of sp³-hybridized carbons (Fsp3) is 0.261. The molecule has 32 heavy (non-hydrogen) atoms. The van der Waals surface area contributed by atoms with Crippen molar-refractivity contribution >= 4 is 34.6 Å². The lowest BCUT2D eigenvalue weighted by atomic mass is 10.1. The van der Waals surface area contributed by atoms with Crippen LogP contribution >= 0.6 is 11.3 Å². The van der Waals surface area contributed by atoms with E-state index < -0.39 is 11.9 Å². The highest BCUT2D eigenvalue weighted by Gasteiger charge is 2.20. The Labute approximate surface area is 189 Å². The smallest absolute Gasteiger partial charge is 0.340 e. The van der Waals surface area contributed by atoms with Crippen LogP contribution in [0.3, 0.4) is 0 Å². The Morgan fingerprint density at radius 3 is 2.53 bits per heavy atom. The summed E-state index contributed by atoms with van der Waals surface area (Å²) in [4.78, 5) is 31.8. The first-order valence-electron chi connectivity index (χ1n) is 10.1. The van der Waals surface area contributed by atoms with Crippen LogP contribution in [0, 0.1) is 0 Å². The third-order valence-corrected chi connectivity index (χ3v) is 6.00. The second-order valence-electron chi connectivity index (χ2n) is 7.04. The van der Waals surface area contributed by atoms with Gasteiger partial charge in [0.1, 0.15) is 16.5 Å². The van der Waals surface area contributed by atoms with Crippen LogP contribution < -0.4 is 15.0 Å². The van der Waals surface area contributed by atoms with Crippen molar-refractivity contribution < 1.29 is 23.8 Å². The third kappa shape index (κ3) is 4.74. The maximum atomic E-state index is 12.8. The molecule has 1 amide bonds. The number of rotatable bonds is 6. The first-order chi connectivity index (χ1) is 15.6. The lowest BCUT2D eigenvalue weighted by Gasteiger charge is -2.29. The molecule has 1 aliphatic heterocycles. The molecule has 1 saturated heterocycles. The largest absolute Gasteiger partial charge is 0.497 e. The predicted octanol–water partition coefficient (Wildman–Crippen LogP) is 3.69. The van der Waals surface area contributed by atoms with Crippen LogP contribution in [0.1, 0.15) is 20.8 Å². The molecule has 0 unspecified atom stereocenters. The molecule has 1 aliphatic rings. The van der Waals surface area contributed by atoms with Gasteiger partial charge in [0.25, 0.3) is 5.91 Å². The van der Waals surface area contributed by atoms with Gasteiger partial charge in [-0.1, -0.05) is 0 Å². The van der Waals surface area contributed by atoms with E-state index in [4.69, 9.17) is 14.2 Å². The van der Waals surface area contributed by atoms with E-state index in [1.165, 1.54) is 18.4 Å². The number of hydrogen-bond acceptors (Lipinski definition) is 8. The minimum atomic E-state index is -0.521. The Hall–Kier alpha value is -3.43. The first-order valence-corrected chi connectivity index (χ1v) is 10.9. The van der Waals surface area contributed by atoms with Crippen molar-refractivity contribution in [2.75, 3.05) is 50.7 Å². The zero-order valence-corrected chi connectivity index (χ0v) is 18.6. The molecule has 0 aliphatic carbocycles. The van der Waals surface area contributed by atoms with Gasteiger partial charge < -0.3 is 24.4 Å². The van der Waals surface area contributed by atoms with E-state index in [0.29, 0.717) is 23.9 Å². The van der Waals surface area contributed by atoms with Crippen molar-refractivity contribution in [1.29, 1.82) is 0 Å². The summed E-state index contributed by atoms with van der Waals surface area (Å²) in [5, 5.41) is 5.20. The highest BCUT2D eigenvalue weighted by molar-refractivity contribution is 7.13. The van der Waals surface area contributed by atoms with Gasteiger partial charge in [-0.25, -0.2) is 9.78 Å². The molecule has 0 radical (unpaired) electrons. The second-order valence-corrected chi connectivity index (χ2v) is 7.90. The van der Waals surface area contributed by atoms with Crippen LogP contribution in [0.25, 0.3) is 10.6 Å². The van der Waals surface area contributed by atoms with E-state index in [9.17, 15) is 9.59 Å². The predicted molar refractivity (Wildman–Crippen MR) is 123 cm³/mol. The van der Waals surface area contributed by atoms with Gasteiger partial charge in [-0.3, -0.25) is 4.79 Å². The van der Waals surface area contributed by atoms with Gasteiger partial charge in [-0.2, -0.15) is 0 Å². The number of anilines is 2. The van der Waals surface area contributed by atoms with Gasteiger partial charge in [0.05, 0.1) is 38.7 Å². The summed E-state index contributed by atoms with van der Waals surface area (Å²) in [6, 6.07) is 12.8. The second kappa shape index (κ2) is 9.80. The number of esters is 1. The molecule has 0 atom stereocenters. The number of methoxy groups -OCH3 is 2. The number of nitrogens with zero attached hydrogens (tertiary/aromatic N) is 2. The molecule has 2 heterocycles. The van der Waals surface area contributed by atoms with Gasteiger partial charge in [-0.15, -0.1) is 11.3 Å². The average molecular weight is 454 g/mol.